The van der Waals surface area contributed by atoms with E-state index in [2.05, 4.69) is 15.3 Å². The van der Waals surface area contributed by atoms with Crippen molar-refractivity contribution in [3.8, 4) is 11.3 Å². The lowest BCUT2D eigenvalue weighted by molar-refractivity contribution is 0.459. The molecule has 34 heavy (non-hydrogen) atoms. The van der Waals surface area contributed by atoms with Crippen molar-refractivity contribution >= 4 is 11.5 Å². The molecule has 0 spiro atoms. The van der Waals surface area contributed by atoms with Crippen LogP contribution in [0.2, 0.25) is 0 Å². The molecular formula is C26H30FN5O2. The number of rotatable bonds is 11. The maximum atomic E-state index is 12.3. The maximum Gasteiger partial charge on any atom is 0.250 e. The van der Waals surface area contributed by atoms with Gasteiger partial charge in [0.15, 0.2) is 0 Å². The van der Waals surface area contributed by atoms with Gasteiger partial charge in [-0.25, -0.2) is 9.37 Å². The lowest BCUT2D eigenvalue weighted by Gasteiger charge is -2.17. The van der Waals surface area contributed by atoms with Gasteiger partial charge in [-0.1, -0.05) is 38.1 Å². The van der Waals surface area contributed by atoms with Gasteiger partial charge < -0.3 is 20.4 Å². The number of allylic oxidation sites excluding steroid dienone is 1. The Balaban J connectivity index is 1.80. The van der Waals surface area contributed by atoms with Crippen LogP contribution in [0.15, 0.2) is 65.9 Å². The van der Waals surface area contributed by atoms with Crippen LogP contribution in [0.4, 0.5) is 4.39 Å². The molecular weight excluding hydrogens is 433 g/mol. The molecule has 178 valence electrons. The number of aliphatic hydroxyl groups is 1. The first-order valence-corrected chi connectivity index (χ1v) is 11.4. The molecule has 0 bridgehead atoms. The number of hydrogen-bond acceptors (Lipinski definition) is 6. The Morgan fingerprint density at radius 3 is 2.59 bits per heavy atom. The highest BCUT2D eigenvalue weighted by Crippen LogP contribution is 2.20. The van der Waals surface area contributed by atoms with E-state index in [9.17, 15) is 14.3 Å². The van der Waals surface area contributed by atoms with Crippen molar-refractivity contribution in [1.29, 1.82) is 5.41 Å². The number of halogens is 1. The molecule has 0 unspecified atom stereocenters. The van der Waals surface area contributed by atoms with Gasteiger partial charge in [0, 0.05) is 43.0 Å². The molecule has 0 fully saturated rings. The Morgan fingerprint density at radius 1 is 1.18 bits per heavy atom. The zero-order valence-corrected chi connectivity index (χ0v) is 19.5. The summed E-state index contributed by atoms with van der Waals surface area (Å²) in [5, 5.41) is 21.9. The largest absolute Gasteiger partial charge is 0.506 e. The Kier molecular flexibility index (Phi) is 8.81. The molecule has 0 aliphatic heterocycles. The standard InChI is InChI=1S/C26H30FN5O2/c1-3-21(4-2)32-17-20(9-10-26(32)34)23-15-30-16-24(31-23)25(33)13-22(28)19-7-5-18(6-8-19)14-29-12-11-27/h5-10,13,15-17,21,28-29,33H,3-4,11-12,14H2,1-2H3/b25-13-,28-22?. The first-order chi connectivity index (χ1) is 16.5. The molecule has 8 heteroatoms. The van der Waals surface area contributed by atoms with E-state index in [1.165, 1.54) is 18.3 Å². The van der Waals surface area contributed by atoms with Gasteiger partial charge in [-0.15, -0.1) is 0 Å². The molecule has 3 aromatic rings. The molecule has 0 atom stereocenters. The van der Waals surface area contributed by atoms with Crippen molar-refractivity contribution in [1.82, 2.24) is 19.9 Å². The SMILES string of the molecule is CCC(CC)n1cc(-c2cncc(/C(O)=C/C(=N)c3ccc(CNCCF)cc3)n2)ccc1=O. The normalized spacial score (nSPS) is 11.7. The highest BCUT2D eigenvalue weighted by Gasteiger charge is 2.12. The van der Waals surface area contributed by atoms with Crippen LogP contribution in [0.3, 0.4) is 0 Å². The number of pyridine rings is 1. The molecule has 0 aliphatic carbocycles. The van der Waals surface area contributed by atoms with E-state index in [0.29, 0.717) is 24.3 Å². The maximum absolute atomic E-state index is 12.3. The highest BCUT2D eigenvalue weighted by atomic mass is 19.1. The van der Waals surface area contributed by atoms with Gasteiger partial charge in [0.05, 0.1) is 23.8 Å². The van der Waals surface area contributed by atoms with Crippen LogP contribution in [-0.4, -0.2) is 38.6 Å². The average molecular weight is 464 g/mol. The minimum atomic E-state index is -0.418. The summed E-state index contributed by atoms with van der Waals surface area (Å²) in [6.07, 6.45) is 7.79. The molecule has 0 radical (unpaired) electrons. The number of benzene rings is 1. The number of alkyl halides is 1. The van der Waals surface area contributed by atoms with E-state index in [1.807, 2.05) is 26.0 Å². The Morgan fingerprint density at radius 2 is 1.91 bits per heavy atom. The second-order valence-corrected chi connectivity index (χ2v) is 7.93. The van der Waals surface area contributed by atoms with Crippen molar-refractivity contribution in [2.75, 3.05) is 13.2 Å². The van der Waals surface area contributed by atoms with Gasteiger partial charge in [-0.2, -0.15) is 0 Å². The minimum Gasteiger partial charge on any atom is -0.506 e. The predicted octanol–water partition coefficient (Wildman–Crippen LogP) is 4.69. The quantitative estimate of drug-likeness (QED) is 0.217. The van der Waals surface area contributed by atoms with Crippen LogP contribution in [0, 0.1) is 5.41 Å². The zero-order valence-electron chi connectivity index (χ0n) is 19.5. The van der Waals surface area contributed by atoms with Gasteiger partial charge in [-0.05, 0) is 30.0 Å². The topological polar surface area (TPSA) is 104 Å². The van der Waals surface area contributed by atoms with Crippen molar-refractivity contribution in [3.05, 3.63) is 88.2 Å². The van der Waals surface area contributed by atoms with Gasteiger partial charge >= 0.3 is 0 Å². The molecule has 0 aliphatic rings. The third kappa shape index (κ3) is 6.23. The molecule has 2 aromatic heterocycles. The van der Waals surface area contributed by atoms with Crippen LogP contribution >= 0.6 is 0 Å². The summed E-state index contributed by atoms with van der Waals surface area (Å²) >= 11 is 0. The first-order valence-electron chi connectivity index (χ1n) is 11.4. The van der Waals surface area contributed by atoms with Crippen LogP contribution in [0.5, 0.6) is 0 Å². The number of nitrogens with one attached hydrogen (secondary N) is 2. The monoisotopic (exact) mass is 463 g/mol. The number of hydrogen-bond donors (Lipinski definition) is 3. The summed E-state index contributed by atoms with van der Waals surface area (Å²) in [5.41, 5.74) is 3.13. The molecule has 3 N–H and O–H groups in total. The summed E-state index contributed by atoms with van der Waals surface area (Å²) in [6.45, 7) is 4.52. The fraction of sp³-hybridized carbons (Fsp3) is 0.308. The summed E-state index contributed by atoms with van der Waals surface area (Å²) in [6, 6.07) is 10.6. The summed E-state index contributed by atoms with van der Waals surface area (Å²) in [7, 11) is 0. The Hall–Kier alpha value is -3.65. The summed E-state index contributed by atoms with van der Waals surface area (Å²) in [4.78, 5) is 21.0. The van der Waals surface area contributed by atoms with Gasteiger partial charge in [0.1, 0.15) is 18.1 Å². The second kappa shape index (κ2) is 12.0. The number of nitrogens with zero attached hydrogens (tertiary/aromatic N) is 3. The number of aliphatic hydroxyl groups excluding tert-OH is 1. The lowest BCUT2D eigenvalue weighted by atomic mass is 10.1. The Bertz CT molecular complexity index is 1200. The molecule has 7 nitrogen and oxygen atoms in total. The minimum absolute atomic E-state index is 0.0676. The van der Waals surface area contributed by atoms with Gasteiger partial charge in [-0.3, -0.25) is 9.78 Å². The molecule has 0 amide bonds. The second-order valence-electron chi connectivity index (χ2n) is 7.93. The van der Waals surface area contributed by atoms with E-state index < -0.39 is 6.67 Å². The van der Waals surface area contributed by atoms with Gasteiger partial charge in [0.2, 0.25) is 0 Å². The van der Waals surface area contributed by atoms with Gasteiger partial charge in [0.25, 0.3) is 5.56 Å². The number of aromatic nitrogens is 3. The lowest BCUT2D eigenvalue weighted by Crippen LogP contribution is -2.23. The summed E-state index contributed by atoms with van der Waals surface area (Å²) < 4.78 is 13.9. The van der Waals surface area contributed by atoms with E-state index in [4.69, 9.17) is 5.41 Å². The van der Waals surface area contributed by atoms with Crippen LogP contribution in [-0.2, 0) is 6.54 Å². The predicted molar refractivity (Wildman–Crippen MR) is 133 cm³/mol. The van der Waals surface area contributed by atoms with Crippen LogP contribution in [0.1, 0.15) is 49.6 Å². The molecule has 3 rings (SSSR count). The van der Waals surface area contributed by atoms with E-state index in [1.54, 1.807) is 35.2 Å². The van der Waals surface area contributed by atoms with Crippen molar-refractivity contribution in [3.63, 3.8) is 0 Å². The zero-order chi connectivity index (χ0) is 24.5. The van der Waals surface area contributed by atoms with E-state index >= 15 is 0 Å². The fourth-order valence-electron chi connectivity index (χ4n) is 3.65. The molecule has 1 aromatic carbocycles. The van der Waals surface area contributed by atoms with E-state index in [-0.39, 0.29) is 28.8 Å². The first kappa shape index (κ1) is 25.0. The Labute approximate surface area is 198 Å². The van der Waals surface area contributed by atoms with E-state index in [0.717, 1.165) is 24.0 Å². The summed E-state index contributed by atoms with van der Waals surface area (Å²) in [5.74, 6) is -0.179. The molecule has 2 heterocycles. The van der Waals surface area contributed by atoms with Crippen molar-refractivity contribution in [2.45, 2.75) is 39.3 Å². The fourth-order valence-corrected chi connectivity index (χ4v) is 3.65. The third-order valence-electron chi connectivity index (χ3n) is 5.61. The van der Waals surface area contributed by atoms with Crippen LogP contribution < -0.4 is 10.9 Å². The molecule has 0 saturated heterocycles. The van der Waals surface area contributed by atoms with Crippen molar-refractivity contribution < 1.29 is 9.50 Å². The van der Waals surface area contributed by atoms with Crippen LogP contribution in [0.25, 0.3) is 17.0 Å². The molecule has 0 saturated carbocycles. The average Bonchev–Trinajstić information content (AvgIpc) is 2.86. The highest BCUT2D eigenvalue weighted by molar-refractivity contribution is 6.09. The van der Waals surface area contributed by atoms with Crippen molar-refractivity contribution in [2.24, 2.45) is 0 Å². The smallest absolute Gasteiger partial charge is 0.250 e. The third-order valence-corrected chi connectivity index (χ3v) is 5.61.